The number of aromatic nitrogens is 2. The lowest BCUT2D eigenvalue weighted by molar-refractivity contribution is -0.192. The maximum atomic E-state index is 12.5. The van der Waals surface area contributed by atoms with Crippen LogP contribution >= 0.6 is 0 Å². The van der Waals surface area contributed by atoms with E-state index in [2.05, 4.69) is 20.6 Å². The monoisotopic (exact) mass is 613 g/mol. The van der Waals surface area contributed by atoms with Crippen molar-refractivity contribution >= 4 is 44.9 Å². The quantitative estimate of drug-likeness (QED) is 0.237. The van der Waals surface area contributed by atoms with Crippen molar-refractivity contribution in [1.82, 2.24) is 25.3 Å². The first kappa shape index (κ1) is 31.9. The number of aliphatic carboxylic acids is 1. The zero-order valence-corrected chi connectivity index (χ0v) is 22.7. The van der Waals surface area contributed by atoms with Gasteiger partial charge in [0.05, 0.1) is 30.1 Å². The second kappa shape index (κ2) is 13.3. The zero-order chi connectivity index (χ0) is 31.1. The number of esters is 1. The van der Waals surface area contributed by atoms with Crippen molar-refractivity contribution in [2.45, 2.75) is 37.2 Å². The van der Waals surface area contributed by atoms with Gasteiger partial charge in [0.1, 0.15) is 17.6 Å². The average Bonchev–Trinajstić information content (AvgIpc) is 3.46. The van der Waals surface area contributed by atoms with Crippen LogP contribution in [0, 0.1) is 0 Å². The van der Waals surface area contributed by atoms with Gasteiger partial charge in [0.15, 0.2) is 0 Å². The molecule has 13 nitrogen and oxygen atoms in total. The number of carboxylic acid groups (broad SMARTS) is 1. The second-order valence-electron chi connectivity index (χ2n) is 8.84. The van der Waals surface area contributed by atoms with Crippen molar-refractivity contribution in [2.24, 2.45) is 0 Å². The number of carbonyl (C=O) groups excluding carboxylic acids is 3. The second-order valence-corrected chi connectivity index (χ2v) is 10.7. The normalized spacial score (nSPS) is 16.5. The van der Waals surface area contributed by atoms with E-state index in [1.165, 1.54) is 0 Å². The van der Waals surface area contributed by atoms with Crippen molar-refractivity contribution in [3.05, 3.63) is 65.5 Å². The molecule has 1 aliphatic heterocycles. The molecule has 0 radical (unpaired) electrons. The summed E-state index contributed by atoms with van der Waals surface area (Å²) in [6, 6.07) is 13.1. The number of carbonyl (C=O) groups is 4. The molecule has 0 spiro atoms. The fraction of sp³-hybridized carbons (Fsp3) is 0.320. The highest BCUT2D eigenvalue weighted by molar-refractivity contribution is 7.90. The van der Waals surface area contributed by atoms with Crippen LogP contribution in [0.5, 0.6) is 0 Å². The Kier molecular flexibility index (Phi) is 10.1. The van der Waals surface area contributed by atoms with E-state index in [0.29, 0.717) is 17.8 Å². The fourth-order valence-electron chi connectivity index (χ4n) is 3.88. The van der Waals surface area contributed by atoms with Gasteiger partial charge in [-0.2, -0.15) is 13.2 Å². The summed E-state index contributed by atoms with van der Waals surface area (Å²) in [5.41, 5.74) is 2.85. The van der Waals surface area contributed by atoms with Crippen LogP contribution in [0.4, 0.5) is 18.0 Å². The van der Waals surface area contributed by atoms with E-state index in [9.17, 15) is 36.0 Å². The summed E-state index contributed by atoms with van der Waals surface area (Å²) in [7, 11) is -3.73. The number of ether oxygens (including phenoxy) is 1. The number of imidazole rings is 1. The molecular weight excluding hydrogens is 587 g/mol. The third-order valence-electron chi connectivity index (χ3n) is 5.78. The van der Waals surface area contributed by atoms with Gasteiger partial charge >= 0.3 is 24.1 Å². The SMILES string of the molecule is CCOC(=O)CNC(=O)N[C@@H](Cc1ccc(C2CC(=O)NS2(=O)=O)cc1)c1nc2ccccc2[nH]1.O=C(O)C(F)(F)F. The summed E-state index contributed by atoms with van der Waals surface area (Å²) in [5, 5.41) is 11.5. The first-order chi connectivity index (χ1) is 19.7. The summed E-state index contributed by atoms with van der Waals surface area (Å²) in [6.07, 6.45) is -4.87. The summed E-state index contributed by atoms with van der Waals surface area (Å²) in [6.45, 7) is 1.62. The highest BCUT2D eigenvalue weighted by Crippen LogP contribution is 2.30. The van der Waals surface area contributed by atoms with Crippen LogP contribution in [0.25, 0.3) is 11.0 Å². The number of nitrogens with zero attached hydrogens (tertiary/aromatic N) is 1. The Hall–Kier alpha value is -4.67. The van der Waals surface area contributed by atoms with Gasteiger partial charge in [0.2, 0.25) is 15.9 Å². The van der Waals surface area contributed by atoms with E-state index in [-0.39, 0.29) is 19.6 Å². The maximum Gasteiger partial charge on any atom is 0.490 e. The zero-order valence-electron chi connectivity index (χ0n) is 21.9. The number of amides is 3. The van der Waals surface area contributed by atoms with E-state index < -0.39 is 51.4 Å². The van der Waals surface area contributed by atoms with Gasteiger partial charge in [-0.1, -0.05) is 36.4 Å². The van der Waals surface area contributed by atoms with Crippen LogP contribution in [0.15, 0.2) is 48.5 Å². The molecule has 5 N–H and O–H groups in total. The molecule has 2 heterocycles. The first-order valence-electron chi connectivity index (χ1n) is 12.3. The topological polar surface area (TPSA) is 197 Å². The smallest absolute Gasteiger partial charge is 0.475 e. The van der Waals surface area contributed by atoms with Crippen LogP contribution in [-0.4, -0.2) is 66.7 Å². The van der Waals surface area contributed by atoms with E-state index in [0.717, 1.165) is 16.6 Å². The molecule has 0 saturated carbocycles. The highest BCUT2D eigenvalue weighted by atomic mass is 32.2. The molecule has 1 aromatic heterocycles. The molecule has 17 heteroatoms. The third kappa shape index (κ3) is 8.66. The number of hydrogen-bond acceptors (Lipinski definition) is 8. The minimum Gasteiger partial charge on any atom is -0.475 e. The Morgan fingerprint density at radius 3 is 2.33 bits per heavy atom. The molecule has 42 heavy (non-hydrogen) atoms. The molecule has 0 aliphatic carbocycles. The lowest BCUT2D eigenvalue weighted by atomic mass is 10.0. The number of fused-ring (bicyclic) bond motifs is 1. The molecule has 226 valence electrons. The Morgan fingerprint density at radius 2 is 1.79 bits per heavy atom. The van der Waals surface area contributed by atoms with E-state index >= 15 is 0 Å². The molecule has 4 rings (SSSR count). The lowest BCUT2D eigenvalue weighted by Gasteiger charge is -2.18. The number of para-hydroxylation sites is 2. The summed E-state index contributed by atoms with van der Waals surface area (Å²) in [5.74, 6) is -3.31. The van der Waals surface area contributed by atoms with E-state index in [4.69, 9.17) is 14.6 Å². The molecule has 3 aromatic rings. The number of alkyl halides is 3. The number of sulfonamides is 1. The molecule has 1 aliphatic rings. The van der Waals surface area contributed by atoms with Gasteiger partial charge in [0.25, 0.3) is 0 Å². The third-order valence-corrected chi connectivity index (χ3v) is 7.48. The number of aromatic amines is 1. The molecule has 1 unspecified atom stereocenters. The fourth-order valence-corrected chi connectivity index (χ4v) is 5.31. The molecular formula is C25H26F3N5O8S. The predicted molar refractivity (Wildman–Crippen MR) is 140 cm³/mol. The van der Waals surface area contributed by atoms with Gasteiger partial charge in [-0.15, -0.1) is 0 Å². The molecule has 0 bridgehead atoms. The number of hydrogen-bond donors (Lipinski definition) is 5. The Labute approximate surface area is 236 Å². The van der Waals surface area contributed by atoms with Gasteiger partial charge in [-0.25, -0.2) is 23.0 Å². The Morgan fingerprint density at radius 1 is 1.14 bits per heavy atom. The van der Waals surface area contributed by atoms with Crippen LogP contribution in [-0.2, 0) is 35.6 Å². The molecule has 1 fully saturated rings. The van der Waals surface area contributed by atoms with Crippen LogP contribution in [0.2, 0.25) is 0 Å². The predicted octanol–water partition coefficient (Wildman–Crippen LogP) is 2.23. The van der Waals surface area contributed by atoms with Crippen LogP contribution in [0.3, 0.4) is 0 Å². The molecule has 1 saturated heterocycles. The maximum absolute atomic E-state index is 12.5. The van der Waals surface area contributed by atoms with Crippen molar-refractivity contribution < 1.29 is 50.6 Å². The Bertz CT molecular complexity index is 1520. The Balaban J connectivity index is 0.000000616. The number of H-pyrrole nitrogens is 1. The van der Waals surface area contributed by atoms with E-state index in [1.807, 2.05) is 29.0 Å². The number of carboxylic acids is 1. The standard InChI is InChI=1S/C23H25N5O6S.C2HF3O2/c1-2-34-21(30)13-24-23(31)27-18(22-25-16-5-3-4-6-17(16)26-22)11-14-7-9-15(10-8-14)19-12-20(29)28-35(19,32)33;3-2(4,5)1(6)7/h3-10,18-19H,2,11-13H2,1H3,(H,25,26)(H,28,29)(H2,24,27,31);(H,6,7)/t18-,19?;/m0./s1. The van der Waals surface area contributed by atoms with Gasteiger partial charge in [-0.3, -0.25) is 14.3 Å². The molecule has 2 aromatic carbocycles. The number of nitrogens with one attached hydrogen (secondary N) is 4. The first-order valence-corrected chi connectivity index (χ1v) is 13.8. The molecule has 3 amide bonds. The summed E-state index contributed by atoms with van der Waals surface area (Å²) < 4.78 is 62.9. The van der Waals surface area contributed by atoms with E-state index in [1.54, 1.807) is 31.2 Å². The van der Waals surface area contributed by atoms with Crippen LogP contribution < -0.4 is 15.4 Å². The average molecular weight is 614 g/mol. The molecule has 2 atom stereocenters. The number of halogens is 3. The van der Waals surface area contributed by atoms with Gasteiger partial charge < -0.3 is 25.5 Å². The number of urea groups is 1. The van der Waals surface area contributed by atoms with Crippen molar-refractivity contribution in [3.8, 4) is 0 Å². The number of benzene rings is 2. The van der Waals surface area contributed by atoms with Crippen molar-refractivity contribution in [2.75, 3.05) is 13.2 Å². The largest absolute Gasteiger partial charge is 0.490 e. The van der Waals surface area contributed by atoms with Gasteiger partial charge in [0, 0.05) is 0 Å². The van der Waals surface area contributed by atoms with Crippen LogP contribution in [0.1, 0.15) is 41.6 Å². The minimum absolute atomic E-state index is 0.120. The summed E-state index contributed by atoms with van der Waals surface area (Å²) >= 11 is 0. The van der Waals surface area contributed by atoms with Crippen molar-refractivity contribution in [1.29, 1.82) is 0 Å². The minimum atomic E-state index is -5.08. The van der Waals surface area contributed by atoms with Crippen molar-refractivity contribution in [3.63, 3.8) is 0 Å². The lowest BCUT2D eigenvalue weighted by Crippen LogP contribution is -2.41. The van der Waals surface area contributed by atoms with Gasteiger partial charge in [-0.05, 0) is 36.6 Å². The summed E-state index contributed by atoms with van der Waals surface area (Å²) in [4.78, 5) is 52.3. The highest BCUT2D eigenvalue weighted by Gasteiger charge is 2.38. The number of rotatable bonds is 8.